The fourth-order valence-electron chi connectivity index (χ4n) is 5.74. The number of phenolic OH excluding ortho intramolecular Hbond substituents is 1. The molecule has 2 fully saturated rings. The smallest absolute Gasteiger partial charge is 0.235 e. The molecule has 2 saturated carbocycles. The molecule has 4 rings (SSSR count). The number of oxime groups is 1. The van der Waals surface area contributed by atoms with Crippen molar-refractivity contribution in [2.75, 3.05) is 19.0 Å². The second kappa shape index (κ2) is 8.81. The fraction of sp³-hybridized carbons (Fsp3) is 0.520. The molecule has 0 bridgehead atoms. The van der Waals surface area contributed by atoms with Crippen molar-refractivity contribution >= 4 is 40.9 Å². The largest absolute Gasteiger partial charge is 0.506 e. The molecule has 0 radical (unpaired) electrons. The van der Waals surface area contributed by atoms with Crippen LogP contribution in [0.2, 0.25) is 0 Å². The number of fused-ring (bicyclic) bond motifs is 3. The maximum atomic E-state index is 13.7. The second-order valence-electron chi connectivity index (χ2n) is 10.2. The zero-order valence-electron chi connectivity index (χ0n) is 20.5. The molecule has 2 unspecified atom stereocenters. The van der Waals surface area contributed by atoms with E-state index in [0.29, 0.717) is 11.3 Å². The number of carbonyl (C=O) groups is 5. The van der Waals surface area contributed by atoms with Crippen LogP contribution in [-0.4, -0.2) is 71.3 Å². The van der Waals surface area contributed by atoms with Crippen LogP contribution in [0.15, 0.2) is 11.2 Å². The molecule has 3 aliphatic rings. The number of benzene rings is 1. The molecule has 1 amide bonds. The van der Waals surface area contributed by atoms with Gasteiger partial charge in [0, 0.05) is 37.7 Å². The highest BCUT2D eigenvalue weighted by Gasteiger charge is 2.66. The molecule has 0 aromatic heterocycles. The maximum absolute atomic E-state index is 13.7. The molecule has 4 N–H and O–H groups in total. The van der Waals surface area contributed by atoms with Crippen LogP contribution >= 0.6 is 0 Å². The van der Waals surface area contributed by atoms with Crippen molar-refractivity contribution in [1.82, 2.24) is 0 Å². The van der Waals surface area contributed by atoms with Crippen molar-refractivity contribution in [3.63, 3.8) is 0 Å². The highest BCUT2D eigenvalue weighted by molar-refractivity contribution is 6.31. The zero-order chi connectivity index (χ0) is 26.7. The number of aliphatic hydroxyl groups is 1. The van der Waals surface area contributed by atoms with Crippen LogP contribution in [-0.2, 0) is 30.4 Å². The summed E-state index contributed by atoms with van der Waals surface area (Å²) in [6, 6.07) is 1.65. The highest BCUT2D eigenvalue weighted by Crippen LogP contribution is 2.51. The number of rotatable bonds is 5. The number of ketones is 4. The molecular weight excluding hydrogens is 470 g/mol. The lowest BCUT2D eigenvalue weighted by atomic mass is 9.53. The summed E-state index contributed by atoms with van der Waals surface area (Å²) in [5.41, 5.74) is 3.78. The Bertz CT molecular complexity index is 1220. The van der Waals surface area contributed by atoms with Crippen molar-refractivity contribution in [1.29, 1.82) is 0 Å². The summed E-state index contributed by atoms with van der Waals surface area (Å²) in [4.78, 5) is 71.5. The molecule has 11 heteroatoms. The molecule has 192 valence electrons. The van der Waals surface area contributed by atoms with Gasteiger partial charge in [0.25, 0.3) is 0 Å². The third-order valence-electron chi connectivity index (χ3n) is 7.35. The lowest BCUT2D eigenvalue weighted by Gasteiger charge is -2.48. The lowest BCUT2D eigenvalue weighted by molar-refractivity contribution is -0.175. The van der Waals surface area contributed by atoms with Gasteiger partial charge in [-0.05, 0) is 44.2 Å². The second-order valence-corrected chi connectivity index (χ2v) is 10.2. The molecule has 1 aromatic rings. The standard InChI is InChI=1S/C25H29N3O8/c1-10(2)36-27-9-12-7-15(28(3)4)14-6-11-5-13-8-16(29)19(24(26)34)23(33)25(13,35)22(32)17(11)21(31)18(14)20(12)30/h7,9-11,13,17,19,30,35H,5-6,8H2,1-4H3,(H2,26,34)/b27-9-/t11-,13+,17?,19?,25+/m1/s1. The monoisotopic (exact) mass is 499 g/mol. The Hall–Kier alpha value is -3.60. The number of hydrogen-bond donors (Lipinski definition) is 3. The van der Waals surface area contributed by atoms with E-state index in [0.717, 1.165) is 0 Å². The Morgan fingerprint density at radius 2 is 1.89 bits per heavy atom. The number of carbonyl (C=O) groups excluding carboxylic acids is 5. The number of amides is 1. The number of nitrogens with two attached hydrogens (primary N) is 1. The van der Waals surface area contributed by atoms with Gasteiger partial charge in [0.15, 0.2) is 34.7 Å². The van der Waals surface area contributed by atoms with Crippen LogP contribution in [0.25, 0.3) is 0 Å². The van der Waals surface area contributed by atoms with E-state index < -0.39 is 64.1 Å². The first-order chi connectivity index (χ1) is 16.8. The Balaban J connectivity index is 1.82. The van der Waals surface area contributed by atoms with Gasteiger partial charge in [0.1, 0.15) is 11.9 Å². The predicted octanol–water partition coefficient (Wildman–Crippen LogP) is 0.152. The van der Waals surface area contributed by atoms with Gasteiger partial charge >= 0.3 is 0 Å². The van der Waals surface area contributed by atoms with Crippen molar-refractivity contribution < 1.29 is 39.0 Å². The van der Waals surface area contributed by atoms with Crippen LogP contribution in [0, 0.1) is 23.7 Å². The van der Waals surface area contributed by atoms with Crippen LogP contribution in [0.1, 0.15) is 48.2 Å². The molecule has 0 saturated heterocycles. The lowest BCUT2D eigenvalue weighted by Crippen LogP contribution is -2.68. The Morgan fingerprint density at radius 1 is 1.22 bits per heavy atom. The molecular formula is C25H29N3O8. The summed E-state index contributed by atoms with van der Waals surface area (Å²) in [6.45, 7) is 3.54. The first kappa shape index (κ1) is 25.5. The van der Waals surface area contributed by atoms with Crippen LogP contribution in [0.4, 0.5) is 5.69 Å². The third-order valence-corrected chi connectivity index (χ3v) is 7.35. The highest BCUT2D eigenvalue weighted by atomic mass is 16.6. The van der Waals surface area contributed by atoms with Gasteiger partial charge in [-0.15, -0.1) is 0 Å². The predicted molar refractivity (Wildman–Crippen MR) is 127 cm³/mol. The van der Waals surface area contributed by atoms with Crippen LogP contribution in [0.3, 0.4) is 0 Å². The first-order valence-corrected chi connectivity index (χ1v) is 11.7. The van der Waals surface area contributed by atoms with E-state index in [9.17, 15) is 34.2 Å². The van der Waals surface area contributed by atoms with Crippen molar-refractivity contribution in [3.8, 4) is 5.75 Å². The zero-order valence-corrected chi connectivity index (χ0v) is 20.5. The summed E-state index contributed by atoms with van der Waals surface area (Å²) >= 11 is 0. The normalized spacial score (nSPS) is 29.7. The number of hydrogen-bond acceptors (Lipinski definition) is 10. The fourth-order valence-corrected chi connectivity index (χ4v) is 5.74. The average Bonchev–Trinajstić information content (AvgIpc) is 2.77. The topological polar surface area (TPSA) is 177 Å². The van der Waals surface area contributed by atoms with Crippen molar-refractivity contribution in [2.45, 2.75) is 44.8 Å². The molecule has 1 aromatic carbocycles. The minimum absolute atomic E-state index is 0.0418. The summed E-state index contributed by atoms with van der Waals surface area (Å²) < 4.78 is 0. The number of primary amides is 1. The Kier molecular flexibility index (Phi) is 6.24. The van der Waals surface area contributed by atoms with Crippen molar-refractivity contribution in [2.24, 2.45) is 34.6 Å². The molecule has 0 spiro atoms. The molecule has 36 heavy (non-hydrogen) atoms. The third kappa shape index (κ3) is 3.69. The van der Waals surface area contributed by atoms with E-state index in [1.54, 1.807) is 38.9 Å². The first-order valence-electron chi connectivity index (χ1n) is 11.7. The molecule has 0 heterocycles. The van der Waals surface area contributed by atoms with Gasteiger partial charge in [-0.1, -0.05) is 5.16 Å². The summed E-state index contributed by atoms with van der Waals surface area (Å²) in [5, 5.41) is 26.1. The van der Waals surface area contributed by atoms with Crippen LogP contribution in [0.5, 0.6) is 5.75 Å². The number of aromatic hydroxyl groups is 1. The number of phenols is 1. The van der Waals surface area contributed by atoms with E-state index in [-0.39, 0.29) is 36.5 Å². The number of anilines is 1. The molecule has 3 aliphatic carbocycles. The van der Waals surface area contributed by atoms with Gasteiger partial charge < -0.3 is 25.7 Å². The van der Waals surface area contributed by atoms with Gasteiger partial charge in [-0.25, -0.2) is 0 Å². The number of Topliss-reactive ketones (excluding diaryl/α,β-unsaturated/α-hetero) is 4. The Labute approximate surface area is 207 Å². The SMILES string of the molecule is CC(C)O/N=C\c1cc(N(C)C)c2c(c1O)C(=O)C1C(=O)[C@]3(O)C(=O)C(C(N)=O)C(=O)C[C@@H]3C[C@@H]1C2. The van der Waals surface area contributed by atoms with E-state index >= 15 is 0 Å². The summed E-state index contributed by atoms with van der Waals surface area (Å²) in [5.74, 6) is -10.5. The molecule has 11 nitrogen and oxygen atoms in total. The minimum Gasteiger partial charge on any atom is -0.506 e. The van der Waals surface area contributed by atoms with E-state index in [1.165, 1.54) is 6.21 Å². The maximum Gasteiger partial charge on any atom is 0.235 e. The van der Waals surface area contributed by atoms with Gasteiger partial charge in [0.05, 0.1) is 17.7 Å². The number of nitrogens with zero attached hydrogens (tertiary/aromatic N) is 2. The summed E-state index contributed by atoms with van der Waals surface area (Å²) in [6.07, 6.45) is 0.923. The van der Waals surface area contributed by atoms with Gasteiger partial charge in [-0.2, -0.15) is 0 Å². The molecule has 5 atom stereocenters. The van der Waals surface area contributed by atoms with Gasteiger partial charge in [0.2, 0.25) is 5.91 Å². The quantitative estimate of drug-likeness (QED) is 0.289. The summed E-state index contributed by atoms with van der Waals surface area (Å²) in [7, 11) is 3.53. The van der Waals surface area contributed by atoms with E-state index in [4.69, 9.17) is 10.6 Å². The average molecular weight is 500 g/mol. The minimum atomic E-state index is -2.67. The van der Waals surface area contributed by atoms with E-state index in [2.05, 4.69) is 5.16 Å². The molecule has 0 aliphatic heterocycles. The Morgan fingerprint density at radius 3 is 2.47 bits per heavy atom. The van der Waals surface area contributed by atoms with E-state index in [1.807, 2.05) is 0 Å². The van der Waals surface area contributed by atoms with Gasteiger partial charge in [-0.3, -0.25) is 24.0 Å². The van der Waals surface area contributed by atoms with Crippen molar-refractivity contribution in [3.05, 3.63) is 22.8 Å². The van der Waals surface area contributed by atoms with Crippen LogP contribution < -0.4 is 10.6 Å².